The van der Waals surface area contributed by atoms with Gasteiger partial charge >= 0.3 is 11.8 Å². The summed E-state index contributed by atoms with van der Waals surface area (Å²) in [7, 11) is 0. The van der Waals surface area contributed by atoms with E-state index in [-0.39, 0.29) is 0 Å². The molecule has 0 bridgehead atoms. The molecule has 0 aliphatic rings. The van der Waals surface area contributed by atoms with Gasteiger partial charge in [0.25, 0.3) is 0 Å². The van der Waals surface area contributed by atoms with Crippen LogP contribution in [0.3, 0.4) is 0 Å². The summed E-state index contributed by atoms with van der Waals surface area (Å²) in [5, 5.41) is 5.33. The van der Waals surface area contributed by atoms with Crippen molar-refractivity contribution in [1.29, 1.82) is 0 Å². The Hall–Kier alpha value is -1.88. The fourth-order valence-electron chi connectivity index (χ4n) is 2.13. The molecular weight excluding hydrogens is 266 g/mol. The average molecular weight is 291 g/mol. The zero-order chi connectivity index (χ0) is 15.8. The highest BCUT2D eigenvalue weighted by atomic mass is 16.2. The van der Waals surface area contributed by atoms with Crippen LogP contribution in [0.1, 0.15) is 25.0 Å². The first-order chi connectivity index (χ1) is 9.99. The van der Waals surface area contributed by atoms with Gasteiger partial charge in [0.1, 0.15) is 0 Å². The third kappa shape index (κ3) is 5.19. The largest absolute Gasteiger partial charge is 0.347 e. The molecule has 0 aliphatic carbocycles. The molecule has 5 heteroatoms. The molecule has 5 nitrogen and oxygen atoms in total. The van der Waals surface area contributed by atoms with Crippen LogP contribution in [-0.4, -0.2) is 42.9 Å². The van der Waals surface area contributed by atoms with Crippen LogP contribution in [0.4, 0.5) is 5.69 Å². The van der Waals surface area contributed by atoms with Crippen LogP contribution in [-0.2, 0) is 9.59 Å². The second kappa shape index (κ2) is 8.42. The molecule has 0 saturated carbocycles. The summed E-state index contributed by atoms with van der Waals surface area (Å²) in [5.41, 5.74) is 2.60. The number of carbonyl (C=O) groups is 2. The molecule has 0 unspecified atom stereocenters. The van der Waals surface area contributed by atoms with Crippen molar-refractivity contribution >= 4 is 17.5 Å². The zero-order valence-electron chi connectivity index (χ0n) is 13.3. The van der Waals surface area contributed by atoms with Crippen molar-refractivity contribution in [2.45, 2.75) is 27.7 Å². The van der Waals surface area contributed by atoms with Gasteiger partial charge in [0.2, 0.25) is 0 Å². The lowest BCUT2D eigenvalue weighted by molar-refractivity contribution is -0.136. The van der Waals surface area contributed by atoms with E-state index in [1.807, 2.05) is 32.0 Å². The molecule has 0 aliphatic heterocycles. The monoisotopic (exact) mass is 291 g/mol. The molecule has 0 aromatic heterocycles. The van der Waals surface area contributed by atoms with Gasteiger partial charge in [-0.25, -0.2) is 0 Å². The lowest BCUT2D eigenvalue weighted by Crippen LogP contribution is -2.40. The average Bonchev–Trinajstić information content (AvgIpc) is 2.47. The van der Waals surface area contributed by atoms with E-state index in [9.17, 15) is 9.59 Å². The Bertz CT molecular complexity index is 476. The Balaban J connectivity index is 2.50. The van der Waals surface area contributed by atoms with Gasteiger partial charge < -0.3 is 15.5 Å². The van der Waals surface area contributed by atoms with Crippen molar-refractivity contribution in [3.8, 4) is 0 Å². The number of nitrogens with zero attached hydrogens (tertiary/aromatic N) is 1. The summed E-state index contributed by atoms with van der Waals surface area (Å²) >= 11 is 0. The van der Waals surface area contributed by atoms with Crippen molar-refractivity contribution < 1.29 is 9.59 Å². The first-order valence-electron chi connectivity index (χ1n) is 7.37. The summed E-state index contributed by atoms with van der Waals surface area (Å²) in [6.07, 6.45) is 0. The standard InChI is InChI=1S/C16H25N3O2/c1-5-19(6-2)11-10-17-15(20)16(21)18-14-12(3)8-7-9-13(14)4/h7-9H,5-6,10-11H2,1-4H3,(H,17,20)(H,18,21). The highest BCUT2D eigenvalue weighted by Crippen LogP contribution is 2.18. The molecular formula is C16H25N3O2. The maximum atomic E-state index is 11.9. The van der Waals surface area contributed by atoms with Crippen LogP contribution in [0.15, 0.2) is 18.2 Å². The lowest BCUT2D eigenvalue weighted by Gasteiger charge is -2.18. The minimum Gasteiger partial charge on any atom is -0.347 e. The van der Waals surface area contributed by atoms with Crippen LogP contribution in [0.25, 0.3) is 0 Å². The van der Waals surface area contributed by atoms with E-state index in [1.54, 1.807) is 0 Å². The fraction of sp³-hybridized carbons (Fsp3) is 0.500. The Labute approximate surface area is 126 Å². The van der Waals surface area contributed by atoms with Crippen molar-refractivity contribution in [1.82, 2.24) is 10.2 Å². The molecule has 1 aromatic rings. The predicted molar refractivity (Wildman–Crippen MR) is 85.3 cm³/mol. The minimum atomic E-state index is -0.619. The molecule has 2 amide bonds. The molecule has 1 rings (SSSR count). The Morgan fingerprint density at radius 2 is 1.62 bits per heavy atom. The van der Waals surface area contributed by atoms with Crippen LogP contribution < -0.4 is 10.6 Å². The summed E-state index contributed by atoms with van der Waals surface area (Å²) in [5.74, 6) is -1.21. The summed E-state index contributed by atoms with van der Waals surface area (Å²) in [4.78, 5) is 25.9. The molecule has 1 aromatic carbocycles. The number of likely N-dealkylation sites (N-methyl/N-ethyl adjacent to an activating group) is 1. The Morgan fingerprint density at radius 1 is 1.05 bits per heavy atom. The van der Waals surface area contributed by atoms with Crippen molar-refractivity contribution in [2.24, 2.45) is 0 Å². The maximum Gasteiger partial charge on any atom is 0.313 e. The van der Waals surface area contributed by atoms with Crippen LogP contribution in [0.2, 0.25) is 0 Å². The van der Waals surface area contributed by atoms with E-state index < -0.39 is 11.8 Å². The number of hydrogen-bond acceptors (Lipinski definition) is 3. The molecule has 21 heavy (non-hydrogen) atoms. The number of aryl methyl sites for hydroxylation is 2. The maximum absolute atomic E-state index is 11.9. The number of anilines is 1. The number of carbonyl (C=O) groups excluding carboxylic acids is 2. The van der Waals surface area contributed by atoms with Gasteiger partial charge in [0, 0.05) is 18.8 Å². The number of amides is 2. The lowest BCUT2D eigenvalue weighted by atomic mass is 10.1. The van der Waals surface area contributed by atoms with Crippen LogP contribution >= 0.6 is 0 Å². The first kappa shape index (κ1) is 17.2. The predicted octanol–water partition coefficient (Wildman–Crippen LogP) is 1.70. The summed E-state index contributed by atoms with van der Waals surface area (Å²) in [6.45, 7) is 11.0. The molecule has 0 radical (unpaired) electrons. The molecule has 0 atom stereocenters. The van der Waals surface area contributed by atoms with E-state index in [4.69, 9.17) is 0 Å². The number of rotatable bonds is 6. The number of para-hydroxylation sites is 1. The van der Waals surface area contributed by atoms with E-state index in [2.05, 4.69) is 29.4 Å². The van der Waals surface area contributed by atoms with E-state index >= 15 is 0 Å². The van der Waals surface area contributed by atoms with Crippen molar-refractivity contribution in [2.75, 3.05) is 31.5 Å². The highest BCUT2D eigenvalue weighted by Gasteiger charge is 2.15. The Morgan fingerprint density at radius 3 is 2.14 bits per heavy atom. The molecule has 0 spiro atoms. The molecule has 0 heterocycles. The molecule has 0 saturated heterocycles. The minimum absolute atomic E-state index is 0.473. The third-order valence-corrected chi connectivity index (χ3v) is 3.53. The van der Waals surface area contributed by atoms with Crippen molar-refractivity contribution in [3.63, 3.8) is 0 Å². The first-order valence-corrected chi connectivity index (χ1v) is 7.37. The summed E-state index contributed by atoms with van der Waals surface area (Å²) in [6, 6.07) is 5.73. The molecule has 116 valence electrons. The normalized spacial score (nSPS) is 10.5. The van der Waals surface area contributed by atoms with Crippen LogP contribution in [0.5, 0.6) is 0 Å². The van der Waals surface area contributed by atoms with Crippen LogP contribution in [0, 0.1) is 13.8 Å². The third-order valence-electron chi connectivity index (χ3n) is 3.53. The SMILES string of the molecule is CCN(CC)CCNC(=O)C(=O)Nc1c(C)cccc1C. The van der Waals surface area contributed by atoms with E-state index in [0.717, 1.165) is 30.8 Å². The highest BCUT2D eigenvalue weighted by molar-refractivity contribution is 6.39. The van der Waals surface area contributed by atoms with Gasteiger partial charge in [0.05, 0.1) is 0 Å². The van der Waals surface area contributed by atoms with E-state index in [0.29, 0.717) is 12.2 Å². The zero-order valence-corrected chi connectivity index (χ0v) is 13.3. The number of nitrogens with one attached hydrogen (secondary N) is 2. The van der Waals surface area contributed by atoms with Gasteiger partial charge in [0.15, 0.2) is 0 Å². The van der Waals surface area contributed by atoms with Gasteiger partial charge in [-0.3, -0.25) is 9.59 Å². The fourth-order valence-corrected chi connectivity index (χ4v) is 2.13. The second-order valence-electron chi connectivity index (χ2n) is 5.00. The summed E-state index contributed by atoms with van der Waals surface area (Å²) < 4.78 is 0. The van der Waals surface area contributed by atoms with Gasteiger partial charge in [-0.05, 0) is 38.1 Å². The number of hydrogen-bond donors (Lipinski definition) is 2. The Kier molecular flexibility index (Phi) is 6.88. The van der Waals surface area contributed by atoms with Crippen molar-refractivity contribution in [3.05, 3.63) is 29.3 Å². The van der Waals surface area contributed by atoms with E-state index in [1.165, 1.54) is 0 Å². The van der Waals surface area contributed by atoms with Gasteiger partial charge in [-0.15, -0.1) is 0 Å². The van der Waals surface area contributed by atoms with Gasteiger partial charge in [-0.2, -0.15) is 0 Å². The molecule has 2 N–H and O–H groups in total. The topological polar surface area (TPSA) is 61.4 Å². The molecule has 0 fully saturated rings. The smallest absolute Gasteiger partial charge is 0.313 e. The van der Waals surface area contributed by atoms with Gasteiger partial charge in [-0.1, -0.05) is 32.0 Å². The number of benzene rings is 1. The second-order valence-corrected chi connectivity index (χ2v) is 5.00. The quantitative estimate of drug-likeness (QED) is 0.784.